The molecule has 1 aliphatic heterocycles. The molecule has 1 aliphatic rings. The summed E-state index contributed by atoms with van der Waals surface area (Å²) >= 11 is 0. The molecule has 8 nitrogen and oxygen atoms in total. The molecule has 0 radical (unpaired) electrons. The molecule has 4 rings (SSSR count). The quantitative estimate of drug-likeness (QED) is 0.771. The van der Waals surface area contributed by atoms with Gasteiger partial charge in [-0.2, -0.15) is 0 Å². The Morgan fingerprint density at radius 1 is 1.33 bits per heavy atom. The molecule has 0 saturated carbocycles. The minimum absolute atomic E-state index is 0.0661. The molecule has 3 aromatic rings. The van der Waals surface area contributed by atoms with Gasteiger partial charge in [-0.15, -0.1) is 10.2 Å². The van der Waals surface area contributed by atoms with Crippen molar-refractivity contribution in [1.82, 2.24) is 29.9 Å². The van der Waals surface area contributed by atoms with E-state index in [4.69, 9.17) is 0 Å². The molecule has 122 valence electrons. The Kier molecular flexibility index (Phi) is 3.78. The first-order chi connectivity index (χ1) is 11.8. The van der Waals surface area contributed by atoms with Crippen LogP contribution in [0.25, 0.3) is 5.65 Å². The van der Waals surface area contributed by atoms with E-state index in [2.05, 4.69) is 30.4 Å². The predicted molar refractivity (Wildman–Crippen MR) is 87.7 cm³/mol. The third-order valence-electron chi connectivity index (χ3n) is 4.20. The van der Waals surface area contributed by atoms with Gasteiger partial charge in [0.25, 0.3) is 5.91 Å². The van der Waals surface area contributed by atoms with Crippen molar-refractivity contribution in [2.75, 3.05) is 18.0 Å². The normalized spacial score (nSPS) is 17.8. The Morgan fingerprint density at radius 2 is 2.29 bits per heavy atom. The number of nitrogens with zero attached hydrogens (tertiary/aromatic N) is 6. The summed E-state index contributed by atoms with van der Waals surface area (Å²) in [7, 11) is 0. The molecule has 8 heteroatoms. The van der Waals surface area contributed by atoms with E-state index in [1.54, 1.807) is 35.4 Å². The number of pyridine rings is 1. The van der Waals surface area contributed by atoms with Crippen LogP contribution >= 0.6 is 0 Å². The second kappa shape index (κ2) is 6.23. The molecule has 1 amide bonds. The summed E-state index contributed by atoms with van der Waals surface area (Å²) in [4.78, 5) is 23.2. The number of rotatable bonds is 3. The Hall–Kier alpha value is -3.03. The molecular weight excluding hydrogens is 306 g/mol. The largest absolute Gasteiger partial charge is 0.353 e. The van der Waals surface area contributed by atoms with E-state index >= 15 is 0 Å². The number of aromatic nitrogens is 5. The zero-order chi connectivity index (χ0) is 16.4. The third-order valence-corrected chi connectivity index (χ3v) is 4.20. The number of anilines is 1. The van der Waals surface area contributed by atoms with Gasteiger partial charge in [-0.1, -0.05) is 0 Å². The van der Waals surface area contributed by atoms with Crippen LogP contribution < -0.4 is 10.2 Å². The first kappa shape index (κ1) is 14.6. The maximum atomic E-state index is 12.6. The van der Waals surface area contributed by atoms with Crippen molar-refractivity contribution < 1.29 is 4.79 Å². The predicted octanol–water partition coefficient (Wildman–Crippen LogP) is 0.918. The molecule has 1 saturated heterocycles. The molecule has 1 atom stereocenters. The highest BCUT2D eigenvalue weighted by molar-refractivity contribution is 5.99. The van der Waals surface area contributed by atoms with Gasteiger partial charge in [0, 0.05) is 37.7 Å². The molecule has 1 fully saturated rings. The van der Waals surface area contributed by atoms with Crippen LogP contribution in [0.15, 0.2) is 43.2 Å². The van der Waals surface area contributed by atoms with E-state index in [1.165, 1.54) is 0 Å². The topological polar surface area (TPSA) is 88.3 Å². The first-order valence-electron chi connectivity index (χ1n) is 7.91. The van der Waals surface area contributed by atoms with Crippen LogP contribution in [0.5, 0.6) is 0 Å². The van der Waals surface area contributed by atoms with Gasteiger partial charge in [-0.25, -0.2) is 4.98 Å². The molecule has 0 aliphatic carbocycles. The Bertz CT molecular complexity index is 848. The van der Waals surface area contributed by atoms with Crippen molar-refractivity contribution in [2.45, 2.75) is 18.9 Å². The molecular formula is C16H17N7O. The minimum Gasteiger partial charge on any atom is -0.353 e. The number of piperidine rings is 1. The number of amides is 1. The number of fused-ring (bicyclic) bond motifs is 1. The number of nitrogens with one attached hydrogen (secondary N) is 1. The Morgan fingerprint density at radius 3 is 3.17 bits per heavy atom. The SMILES string of the molecule is O=C(N[C@H]1CCCN(c2cnccn2)C1)c1cccn2cnnc12. The lowest BCUT2D eigenvalue weighted by atomic mass is 10.1. The van der Waals surface area contributed by atoms with Gasteiger partial charge in [-0.05, 0) is 25.0 Å². The molecule has 0 aromatic carbocycles. The van der Waals surface area contributed by atoms with Crippen LogP contribution in [0.4, 0.5) is 5.82 Å². The van der Waals surface area contributed by atoms with Crippen LogP contribution in [0.1, 0.15) is 23.2 Å². The Balaban J connectivity index is 1.48. The summed E-state index contributed by atoms with van der Waals surface area (Å²) in [5.74, 6) is 0.718. The summed E-state index contributed by atoms with van der Waals surface area (Å²) in [6.07, 6.45) is 10.4. The fraction of sp³-hybridized carbons (Fsp3) is 0.312. The van der Waals surface area contributed by atoms with Crippen molar-refractivity contribution >= 4 is 17.4 Å². The molecule has 0 bridgehead atoms. The monoisotopic (exact) mass is 323 g/mol. The highest BCUT2D eigenvalue weighted by Crippen LogP contribution is 2.17. The minimum atomic E-state index is -0.125. The Labute approximate surface area is 138 Å². The lowest BCUT2D eigenvalue weighted by molar-refractivity contribution is 0.0934. The average molecular weight is 323 g/mol. The van der Waals surface area contributed by atoms with E-state index < -0.39 is 0 Å². The first-order valence-corrected chi connectivity index (χ1v) is 7.91. The highest BCUT2D eigenvalue weighted by Gasteiger charge is 2.23. The van der Waals surface area contributed by atoms with E-state index in [9.17, 15) is 4.79 Å². The van der Waals surface area contributed by atoms with Crippen molar-refractivity contribution in [2.24, 2.45) is 0 Å². The fourth-order valence-electron chi connectivity index (χ4n) is 3.05. The van der Waals surface area contributed by atoms with E-state index in [0.717, 1.165) is 31.7 Å². The van der Waals surface area contributed by atoms with Gasteiger partial charge in [0.2, 0.25) is 0 Å². The molecule has 3 aromatic heterocycles. The maximum Gasteiger partial charge on any atom is 0.255 e. The summed E-state index contributed by atoms with van der Waals surface area (Å²) < 4.78 is 1.74. The van der Waals surface area contributed by atoms with E-state index in [0.29, 0.717) is 11.2 Å². The van der Waals surface area contributed by atoms with Crippen LogP contribution in [-0.2, 0) is 0 Å². The average Bonchev–Trinajstić information content (AvgIpc) is 3.11. The second-order valence-corrected chi connectivity index (χ2v) is 5.81. The van der Waals surface area contributed by atoms with Crippen molar-refractivity contribution in [3.8, 4) is 0 Å². The van der Waals surface area contributed by atoms with Crippen LogP contribution in [-0.4, -0.2) is 49.6 Å². The van der Waals surface area contributed by atoms with Gasteiger partial charge >= 0.3 is 0 Å². The van der Waals surface area contributed by atoms with Gasteiger partial charge in [0.05, 0.1) is 11.8 Å². The zero-order valence-corrected chi connectivity index (χ0v) is 13.0. The van der Waals surface area contributed by atoms with E-state index in [1.807, 2.05) is 12.3 Å². The standard InChI is InChI=1S/C16H17N7O/c24-16(13-4-2-8-23-11-19-21-15(13)23)20-12-3-1-7-22(10-12)14-9-17-5-6-18-14/h2,4-6,8-9,11-12H,1,3,7,10H2,(H,20,24)/t12-/m0/s1. The van der Waals surface area contributed by atoms with Gasteiger partial charge < -0.3 is 10.2 Å². The van der Waals surface area contributed by atoms with Crippen molar-refractivity contribution in [1.29, 1.82) is 0 Å². The molecule has 0 unspecified atom stereocenters. The molecule has 0 spiro atoms. The van der Waals surface area contributed by atoms with Crippen LogP contribution in [0, 0.1) is 0 Å². The lowest BCUT2D eigenvalue weighted by Crippen LogP contribution is -2.48. The van der Waals surface area contributed by atoms with Crippen LogP contribution in [0.3, 0.4) is 0 Å². The second-order valence-electron chi connectivity index (χ2n) is 5.81. The zero-order valence-electron chi connectivity index (χ0n) is 13.0. The van der Waals surface area contributed by atoms with Crippen molar-refractivity contribution in [3.05, 3.63) is 48.8 Å². The third kappa shape index (κ3) is 2.78. The number of carbonyl (C=O) groups is 1. The molecule has 24 heavy (non-hydrogen) atoms. The van der Waals surface area contributed by atoms with Crippen molar-refractivity contribution in [3.63, 3.8) is 0 Å². The number of hydrogen-bond donors (Lipinski definition) is 1. The van der Waals surface area contributed by atoms with Gasteiger partial charge in [0.1, 0.15) is 12.1 Å². The highest BCUT2D eigenvalue weighted by atomic mass is 16.1. The smallest absolute Gasteiger partial charge is 0.255 e. The molecule has 4 heterocycles. The summed E-state index contributed by atoms with van der Waals surface area (Å²) in [5, 5.41) is 11.0. The maximum absolute atomic E-state index is 12.6. The van der Waals surface area contributed by atoms with Crippen LogP contribution in [0.2, 0.25) is 0 Å². The summed E-state index contributed by atoms with van der Waals surface area (Å²) in [5.41, 5.74) is 1.10. The summed E-state index contributed by atoms with van der Waals surface area (Å²) in [6, 6.07) is 3.65. The number of hydrogen-bond acceptors (Lipinski definition) is 6. The summed E-state index contributed by atoms with van der Waals surface area (Å²) in [6.45, 7) is 1.64. The van der Waals surface area contributed by atoms with Gasteiger partial charge in [-0.3, -0.25) is 14.2 Å². The van der Waals surface area contributed by atoms with Gasteiger partial charge in [0.15, 0.2) is 5.65 Å². The van der Waals surface area contributed by atoms with E-state index in [-0.39, 0.29) is 11.9 Å². The number of carbonyl (C=O) groups excluding carboxylic acids is 1. The fourth-order valence-corrected chi connectivity index (χ4v) is 3.05. The molecule has 1 N–H and O–H groups in total. The lowest BCUT2D eigenvalue weighted by Gasteiger charge is -2.33.